The van der Waals surface area contributed by atoms with Crippen LogP contribution in [0.15, 0.2) is 34.9 Å². The Hall–Kier alpha value is -2.26. The lowest BCUT2D eigenvalue weighted by molar-refractivity contribution is 1.12. The minimum atomic E-state index is 0.409. The number of halogens is 1. The smallest absolute Gasteiger partial charge is 0.229 e. The third-order valence-corrected chi connectivity index (χ3v) is 3.32. The van der Waals surface area contributed by atoms with Gasteiger partial charge in [0, 0.05) is 31.7 Å². The lowest BCUT2D eigenvalue weighted by atomic mass is 10.2. The minimum absolute atomic E-state index is 0.409. The first-order valence-electron chi connectivity index (χ1n) is 6.34. The number of nitrogens with one attached hydrogen (secondary N) is 2. The van der Waals surface area contributed by atoms with Gasteiger partial charge in [0.1, 0.15) is 5.82 Å². The first kappa shape index (κ1) is 15.1. The van der Waals surface area contributed by atoms with E-state index in [1.54, 1.807) is 6.20 Å². The summed E-state index contributed by atoms with van der Waals surface area (Å²) in [7, 11) is 4.01. The molecule has 1 aromatic heterocycles. The predicted octanol–water partition coefficient (Wildman–Crippen LogP) is 3.09. The predicted molar refractivity (Wildman–Crippen MR) is 91.1 cm³/mol. The monoisotopic (exact) mass is 345 g/mol. The molecule has 0 aliphatic heterocycles. The van der Waals surface area contributed by atoms with E-state index in [0.29, 0.717) is 18.3 Å². The normalized spacial score (nSPS) is 9.81. The summed E-state index contributed by atoms with van der Waals surface area (Å²) >= 11 is 3.38. The quantitative estimate of drug-likeness (QED) is 0.815. The van der Waals surface area contributed by atoms with Gasteiger partial charge in [0.2, 0.25) is 5.95 Å². The van der Waals surface area contributed by atoms with Gasteiger partial charge in [-0.05, 0) is 40.2 Å². The zero-order chi connectivity index (χ0) is 15.2. The molecule has 0 saturated heterocycles. The molecule has 6 heteroatoms. The molecule has 0 unspecified atom stereocenters. The minimum Gasteiger partial charge on any atom is -0.378 e. The van der Waals surface area contributed by atoms with Gasteiger partial charge in [0.05, 0.1) is 11.0 Å². The fourth-order valence-electron chi connectivity index (χ4n) is 1.66. The Balaban J connectivity index is 2.14. The summed E-state index contributed by atoms with van der Waals surface area (Å²) in [4.78, 5) is 10.6. The first-order valence-corrected chi connectivity index (χ1v) is 7.13. The van der Waals surface area contributed by atoms with Crippen molar-refractivity contribution in [3.63, 3.8) is 0 Å². The Morgan fingerprint density at radius 2 is 2.00 bits per heavy atom. The average Bonchev–Trinajstić information content (AvgIpc) is 2.48. The number of benzene rings is 1. The molecule has 2 rings (SSSR count). The van der Waals surface area contributed by atoms with E-state index in [-0.39, 0.29) is 0 Å². The maximum absolute atomic E-state index is 5.24. The van der Waals surface area contributed by atoms with E-state index in [1.807, 2.05) is 43.3 Å². The third-order valence-electron chi connectivity index (χ3n) is 2.74. The summed E-state index contributed by atoms with van der Waals surface area (Å²) in [5.41, 5.74) is 2.06. The van der Waals surface area contributed by atoms with E-state index >= 15 is 0 Å². The number of hydrogen-bond donors (Lipinski definition) is 2. The summed E-state index contributed by atoms with van der Waals surface area (Å²) in [6.07, 6.45) is 6.92. The summed E-state index contributed by atoms with van der Waals surface area (Å²) < 4.78 is 0.770. The lowest BCUT2D eigenvalue weighted by Gasteiger charge is -2.13. The van der Waals surface area contributed by atoms with Gasteiger partial charge in [-0.2, -0.15) is 4.98 Å². The van der Waals surface area contributed by atoms with Gasteiger partial charge in [-0.15, -0.1) is 6.42 Å². The van der Waals surface area contributed by atoms with Crippen LogP contribution in [0.2, 0.25) is 0 Å². The molecule has 0 atom stereocenters. The molecule has 2 aromatic rings. The van der Waals surface area contributed by atoms with Gasteiger partial charge in [-0.1, -0.05) is 5.92 Å². The number of rotatable bonds is 5. The van der Waals surface area contributed by atoms with Crippen molar-refractivity contribution in [1.82, 2.24) is 9.97 Å². The molecule has 0 radical (unpaired) electrons. The molecule has 0 amide bonds. The van der Waals surface area contributed by atoms with E-state index in [1.165, 1.54) is 0 Å². The molecule has 108 valence electrons. The summed E-state index contributed by atoms with van der Waals surface area (Å²) in [5, 5.41) is 6.19. The van der Waals surface area contributed by atoms with Crippen LogP contribution < -0.4 is 15.5 Å². The first-order chi connectivity index (χ1) is 10.1. The molecular formula is C15H16BrN5. The highest BCUT2D eigenvalue weighted by atomic mass is 79.9. The highest BCUT2D eigenvalue weighted by Crippen LogP contribution is 2.22. The summed E-state index contributed by atoms with van der Waals surface area (Å²) in [6, 6.07) is 8.02. The zero-order valence-electron chi connectivity index (χ0n) is 11.9. The second kappa shape index (κ2) is 6.95. The topological polar surface area (TPSA) is 53.1 Å². The van der Waals surface area contributed by atoms with Crippen LogP contribution in [0, 0.1) is 12.3 Å². The van der Waals surface area contributed by atoms with E-state index in [0.717, 1.165) is 15.8 Å². The van der Waals surface area contributed by atoms with Crippen LogP contribution in [0.4, 0.5) is 23.1 Å². The van der Waals surface area contributed by atoms with Crippen LogP contribution in [-0.2, 0) is 0 Å². The van der Waals surface area contributed by atoms with Crippen LogP contribution in [-0.4, -0.2) is 30.6 Å². The summed E-state index contributed by atoms with van der Waals surface area (Å²) in [6.45, 7) is 0.409. The van der Waals surface area contributed by atoms with Crippen molar-refractivity contribution in [1.29, 1.82) is 0 Å². The van der Waals surface area contributed by atoms with Crippen molar-refractivity contribution in [2.24, 2.45) is 0 Å². The zero-order valence-corrected chi connectivity index (χ0v) is 13.5. The molecule has 0 spiro atoms. The number of aromatic nitrogens is 2. The fraction of sp³-hybridized carbons (Fsp3) is 0.200. The van der Waals surface area contributed by atoms with Crippen LogP contribution in [0.1, 0.15) is 0 Å². The SMILES string of the molecule is C#CCNc1nc(Nc2ccc(N(C)C)cc2)ncc1Br. The molecule has 0 aliphatic carbocycles. The van der Waals surface area contributed by atoms with Gasteiger partial charge < -0.3 is 15.5 Å². The van der Waals surface area contributed by atoms with E-state index in [9.17, 15) is 0 Å². The number of nitrogens with zero attached hydrogens (tertiary/aromatic N) is 3. The standard InChI is InChI=1S/C15H16BrN5/c1-4-9-17-14-13(16)10-18-15(20-14)19-11-5-7-12(8-6-11)21(2)3/h1,5-8,10H,9H2,2-3H3,(H2,17,18,19,20). The molecule has 21 heavy (non-hydrogen) atoms. The van der Waals surface area contributed by atoms with Gasteiger partial charge >= 0.3 is 0 Å². The molecular weight excluding hydrogens is 330 g/mol. The molecule has 0 bridgehead atoms. The molecule has 0 aliphatic rings. The van der Waals surface area contributed by atoms with E-state index in [4.69, 9.17) is 6.42 Å². The highest BCUT2D eigenvalue weighted by molar-refractivity contribution is 9.10. The third kappa shape index (κ3) is 4.10. The number of terminal acetylenes is 1. The lowest BCUT2D eigenvalue weighted by Crippen LogP contribution is -2.08. The van der Waals surface area contributed by atoms with Crippen molar-refractivity contribution in [2.45, 2.75) is 0 Å². The maximum atomic E-state index is 5.24. The molecule has 1 aromatic carbocycles. The van der Waals surface area contributed by atoms with Gasteiger partial charge in [0.25, 0.3) is 0 Å². The Kier molecular flexibility index (Phi) is 5.01. The Morgan fingerprint density at radius 1 is 1.29 bits per heavy atom. The van der Waals surface area contributed by atoms with Gasteiger partial charge in [0.15, 0.2) is 0 Å². The number of anilines is 4. The van der Waals surface area contributed by atoms with Crippen LogP contribution in [0.3, 0.4) is 0 Å². The van der Waals surface area contributed by atoms with Crippen LogP contribution in [0.5, 0.6) is 0 Å². The van der Waals surface area contributed by atoms with Crippen molar-refractivity contribution >= 4 is 39.1 Å². The highest BCUT2D eigenvalue weighted by Gasteiger charge is 2.05. The second-order valence-corrected chi connectivity index (χ2v) is 5.37. The largest absolute Gasteiger partial charge is 0.378 e. The maximum Gasteiger partial charge on any atom is 0.229 e. The fourth-order valence-corrected chi connectivity index (χ4v) is 1.99. The van der Waals surface area contributed by atoms with Crippen LogP contribution >= 0.6 is 15.9 Å². The average molecular weight is 346 g/mol. The van der Waals surface area contributed by atoms with Crippen molar-refractivity contribution in [3.05, 3.63) is 34.9 Å². The Bertz CT molecular complexity index is 646. The number of hydrogen-bond acceptors (Lipinski definition) is 5. The van der Waals surface area contributed by atoms with Crippen molar-refractivity contribution < 1.29 is 0 Å². The van der Waals surface area contributed by atoms with E-state index in [2.05, 4.69) is 42.5 Å². The Labute approximate surface area is 132 Å². The van der Waals surface area contributed by atoms with Crippen molar-refractivity contribution in [3.8, 4) is 12.3 Å². The molecule has 1 heterocycles. The second-order valence-electron chi connectivity index (χ2n) is 4.51. The molecule has 2 N–H and O–H groups in total. The summed E-state index contributed by atoms with van der Waals surface area (Å²) in [5.74, 6) is 3.68. The van der Waals surface area contributed by atoms with E-state index < -0.39 is 0 Å². The molecule has 0 saturated carbocycles. The van der Waals surface area contributed by atoms with Gasteiger partial charge in [-0.3, -0.25) is 0 Å². The van der Waals surface area contributed by atoms with Crippen LogP contribution in [0.25, 0.3) is 0 Å². The van der Waals surface area contributed by atoms with Gasteiger partial charge in [-0.25, -0.2) is 4.98 Å². The molecule has 0 fully saturated rings. The van der Waals surface area contributed by atoms with Crippen molar-refractivity contribution in [2.75, 3.05) is 36.2 Å². The Morgan fingerprint density at radius 3 is 2.62 bits per heavy atom. The molecule has 5 nitrogen and oxygen atoms in total.